The number of nitrogens with one attached hydrogen (secondary N) is 1. The molecule has 0 amide bonds. The number of benzene rings is 4. The number of anilines is 2. The molecule has 238 valence electrons. The molecule has 3 heterocycles. The number of halogens is 1. The normalized spacial score (nSPS) is 15.9. The van der Waals surface area contributed by atoms with Crippen LogP contribution in [0.3, 0.4) is 0 Å². The molecular weight excluding hydrogens is 606 g/mol. The van der Waals surface area contributed by atoms with Crippen molar-refractivity contribution in [2.24, 2.45) is 0 Å². The number of aromatic nitrogens is 1. The van der Waals surface area contributed by atoms with Crippen molar-refractivity contribution in [2.75, 3.05) is 57.9 Å². The minimum absolute atomic E-state index is 0.466. The quantitative estimate of drug-likeness (QED) is 0.185. The lowest BCUT2D eigenvalue weighted by Gasteiger charge is -2.26. The monoisotopic (exact) mass is 643 g/mol. The van der Waals surface area contributed by atoms with Gasteiger partial charge in [-0.1, -0.05) is 72.3 Å². The van der Waals surface area contributed by atoms with Gasteiger partial charge in [-0.3, -0.25) is 14.8 Å². The van der Waals surface area contributed by atoms with Crippen LogP contribution >= 0.6 is 11.6 Å². The van der Waals surface area contributed by atoms with Crippen LogP contribution in [-0.2, 0) is 22.6 Å². The van der Waals surface area contributed by atoms with Crippen molar-refractivity contribution in [3.63, 3.8) is 0 Å². The van der Waals surface area contributed by atoms with E-state index < -0.39 is 0 Å². The van der Waals surface area contributed by atoms with Crippen LogP contribution in [0.1, 0.15) is 22.3 Å². The van der Waals surface area contributed by atoms with Gasteiger partial charge in [0.05, 0.1) is 53.9 Å². The lowest BCUT2D eigenvalue weighted by molar-refractivity contribution is 0.0341. The largest absolute Gasteiger partial charge is 0.379 e. The van der Waals surface area contributed by atoms with E-state index in [-0.39, 0.29) is 0 Å². The maximum Gasteiger partial charge on any atom is 0.103 e. The molecule has 0 bridgehead atoms. The van der Waals surface area contributed by atoms with Gasteiger partial charge in [-0.25, -0.2) is 0 Å². The maximum absolute atomic E-state index is 10.0. The van der Waals surface area contributed by atoms with Crippen molar-refractivity contribution < 1.29 is 9.47 Å². The van der Waals surface area contributed by atoms with Crippen LogP contribution in [0, 0.1) is 18.3 Å². The first-order valence-corrected chi connectivity index (χ1v) is 16.6. The third-order valence-corrected chi connectivity index (χ3v) is 9.42. The Morgan fingerprint density at radius 3 is 1.83 bits per heavy atom. The Morgan fingerprint density at radius 2 is 1.28 bits per heavy atom. The Kier molecular flexibility index (Phi) is 9.48. The molecule has 1 N–H and O–H groups in total. The Bertz CT molecular complexity index is 1890. The maximum atomic E-state index is 10.0. The third-order valence-electron chi connectivity index (χ3n) is 9.12. The zero-order chi connectivity index (χ0) is 32.2. The van der Waals surface area contributed by atoms with E-state index in [1.165, 1.54) is 11.1 Å². The summed E-state index contributed by atoms with van der Waals surface area (Å²) in [6, 6.07) is 30.1. The van der Waals surface area contributed by atoms with E-state index in [9.17, 15) is 5.26 Å². The van der Waals surface area contributed by atoms with Gasteiger partial charge in [0.1, 0.15) is 6.07 Å². The van der Waals surface area contributed by atoms with Crippen molar-refractivity contribution in [1.29, 1.82) is 5.26 Å². The number of morpholine rings is 2. The summed E-state index contributed by atoms with van der Waals surface area (Å²) < 4.78 is 11.0. The number of pyridine rings is 1. The summed E-state index contributed by atoms with van der Waals surface area (Å²) in [4.78, 5) is 9.50. The molecule has 2 saturated heterocycles. The fourth-order valence-corrected chi connectivity index (χ4v) is 6.74. The van der Waals surface area contributed by atoms with Crippen molar-refractivity contribution >= 4 is 33.9 Å². The second-order valence-corrected chi connectivity index (χ2v) is 12.7. The van der Waals surface area contributed by atoms with Crippen molar-refractivity contribution in [3.8, 4) is 28.3 Å². The smallest absolute Gasteiger partial charge is 0.103 e. The highest BCUT2D eigenvalue weighted by atomic mass is 35.5. The van der Waals surface area contributed by atoms with Crippen LogP contribution in [0.5, 0.6) is 0 Å². The van der Waals surface area contributed by atoms with Crippen LogP contribution in [-0.4, -0.2) is 67.4 Å². The molecule has 2 aliphatic rings. The molecule has 7 rings (SSSR count). The number of fused-ring (bicyclic) bond motifs is 1. The SMILES string of the molecule is Cc1cc(-c2ccc(CN3CCOCC3)cc2)cc(Cl)c1Nc1c(C#N)cnc2cc(-c3ccc(CN4CCOCC4)cc3)ccc12. The summed E-state index contributed by atoms with van der Waals surface area (Å²) in [7, 11) is 0. The van der Waals surface area contributed by atoms with Crippen molar-refractivity contribution in [2.45, 2.75) is 20.0 Å². The number of hydrogen-bond acceptors (Lipinski definition) is 7. The zero-order valence-corrected chi connectivity index (χ0v) is 27.4. The highest BCUT2D eigenvalue weighted by Crippen LogP contribution is 2.38. The van der Waals surface area contributed by atoms with Gasteiger partial charge < -0.3 is 14.8 Å². The standard InChI is InChI=1S/C39H38ClN5O2/c1-27-20-33(31-8-4-29(5-9-31)26-45-14-18-47-19-15-45)21-36(40)38(27)43-39-34(23-41)24-42-37-22-32(10-11-35(37)39)30-6-2-28(3-7-30)25-44-12-16-46-17-13-44/h2-11,20-22,24H,12-19,25-26H2,1H3,(H,42,43). The van der Waals surface area contributed by atoms with E-state index >= 15 is 0 Å². The van der Waals surface area contributed by atoms with E-state index in [0.717, 1.165) is 110 Å². The molecule has 0 aliphatic carbocycles. The molecule has 5 aromatic rings. The van der Waals surface area contributed by atoms with Crippen LogP contribution in [0.4, 0.5) is 11.4 Å². The van der Waals surface area contributed by atoms with Gasteiger partial charge in [0.25, 0.3) is 0 Å². The van der Waals surface area contributed by atoms with Crippen LogP contribution in [0.15, 0.2) is 85.1 Å². The minimum Gasteiger partial charge on any atom is -0.379 e. The average molecular weight is 644 g/mol. The van der Waals surface area contributed by atoms with Gasteiger partial charge in [0.15, 0.2) is 0 Å². The molecule has 4 aromatic carbocycles. The number of hydrogen-bond donors (Lipinski definition) is 1. The summed E-state index contributed by atoms with van der Waals surface area (Å²) in [5.41, 5.74) is 10.7. The van der Waals surface area contributed by atoms with Gasteiger partial charge in [-0.15, -0.1) is 0 Å². The Labute approximate surface area is 281 Å². The summed E-state index contributed by atoms with van der Waals surface area (Å²) in [5, 5.41) is 15.0. The highest BCUT2D eigenvalue weighted by molar-refractivity contribution is 6.34. The lowest BCUT2D eigenvalue weighted by Crippen LogP contribution is -2.35. The third kappa shape index (κ3) is 7.18. The number of nitriles is 1. The fourth-order valence-electron chi connectivity index (χ4n) is 6.43. The molecule has 0 radical (unpaired) electrons. The van der Waals surface area contributed by atoms with Crippen molar-refractivity contribution in [3.05, 3.63) is 112 Å². The summed E-state index contributed by atoms with van der Waals surface area (Å²) >= 11 is 6.93. The molecular formula is C39H38ClN5O2. The number of aryl methyl sites for hydroxylation is 1. The molecule has 7 nitrogen and oxygen atoms in total. The fraction of sp³-hybridized carbons (Fsp3) is 0.282. The average Bonchev–Trinajstić information content (AvgIpc) is 3.11. The summed E-state index contributed by atoms with van der Waals surface area (Å²) in [6.45, 7) is 11.0. The van der Waals surface area contributed by atoms with Crippen molar-refractivity contribution in [1.82, 2.24) is 14.8 Å². The number of nitrogens with zero attached hydrogens (tertiary/aromatic N) is 4. The van der Waals surface area contributed by atoms with Gasteiger partial charge in [-0.05, 0) is 64.1 Å². The Morgan fingerprint density at radius 1 is 0.723 bits per heavy atom. The molecule has 0 saturated carbocycles. The second kappa shape index (κ2) is 14.2. The molecule has 1 aromatic heterocycles. The molecule has 47 heavy (non-hydrogen) atoms. The first-order chi connectivity index (χ1) is 23.0. The van der Waals surface area contributed by atoms with Crippen LogP contribution in [0.2, 0.25) is 5.02 Å². The molecule has 0 unspecified atom stereocenters. The van der Waals surface area contributed by atoms with Gasteiger partial charge in [0, 0.05) is 50.9 Å². The zero-order valence-electron chi connectivity index (χ0n) is 26.6. The van der Waals surface area contributed by atoms with Gasteiger partial charge in [-0.2, -0.15) is 5.26 Å². The lowest BCUT2D eigenvalue weighted by atomic mass is 9.99. The summed E-state index contributed by atoms with van der Waals surface area (Å²) in [5.74, 6) is 0. The van der Waals surface area contributed by atoms with Gasteiger partial charge in [0.2, 0.25) is 0 Å². The molecule has 0 atom stereocenters. The second-order valence-electron chi connectivity index (χ2n) is 12.3. The molecule has 8 heteroatoms. The van der Waals surface area contributed by atoms with Crippen LogP contribution < -0.4 is 5.32 Å². The van der Waals surface area contributed by atoms with E-state index in [1.54, 1.807) is 6.20 Å². The molecule has 0 spiro atoms. The Balaban J connectivity index is 1.11. The van der Waals surface area contributed by atoms with E-state index in [1.807, 2.05) is 19.1 Å². The molecule has 2 aliphatic heterocycles. The first-order valence-electron chi connectivity index (χ1n) is 16.2. The number of rotatable bonds is 8. The highest BCUT2D eigenvalue weighted by Gasteiger charge is 2.16. The van der Waals surface area contributed by atoms with E-state index in [4.69, 9.17) is 21.1 Å². The first kappa shape index (κ1) is 31.3. The van der Waals surface area contributed by atoms with Gasteiger partial charge >= 0.3 is 0 Å². The summed E-state index contributed by atoms with van der Waals surface area (Å²) in [6.07, 6.45) is 1.63. The van der Waals surface area contributed by atoms with E-state index in [2.05, 4.69) is 92.9 Å². The van der Waals surface area contributed by atoms with E-state index in [0.29, 0.717) is 16.3 Å². The predicted octanol–water partition coefficient (Wildman–Crippen LogP) is 7.81. The van der Waals surface area contributed by atoms with Crippen LogP contribution in [0.25, 0.3) is 33.2 Å². The molecule has 2 fully saturated rings. The number of ether oxygens (including phenoxy) is 2. The minimum atomic E-state index is 0.466. The predicted molar refractivity (Wildman–Crippen MR) is 189 cm³/mol. The topological polar surface area (TPSA) is 73.7 Å². The Hall–Kier alpha value is -4.29.